The van der Waals surface area contributed by atoms with Crippen LogP contribution in [0.1, 0.15) is 17.5 Å². The van der Waals surface area contributed by atoms with Gasteiger partial charge in [-0.25, -0.2) is 4.57 Å². The second-order valence-corrected chi connectivity index (χ2v) is 7.37. The van der Waals surface area contributed by atoms with E-state index in [1.165, 1.54) is 0 Å². The number of aryl methyl sites for hydroxylation is 2. The average Bonchev–Trinajstić information content (AvgIpc) is 2.65. The molecule has 0 saturated heterocycles. The van der Waals surface area contributed by atoms with E-state index in [4.69, 9.17) is 9.05 Å². The first-order valence-corrected chi connectivity index (χ1v) is 10.1. The van der Waals surface area contributed by atoms with E-state index in [-0.39, 0.29) is 46.8 Å². The first-order chi connectivity index (χ1) is 13.0. The Bertz CT molecular complexity index is 898. The molecule has 1 unspecified atom stereocenters. The van der Waals surface area contributed by atoms with Crippen LogP contribution in [-0.2, 0) is 17.4 Å². The summed E-state index contributed by atoms with van der Waals surface area (Å²) in [6.07, 6.45) is 2.71. The first kappa shape index (κ1) is 22.5. The quantitative estimate of drug-likeness (QED) is 0.453. The van der Waals surface area contributed by atoms with Crippen LogP contribution >= 0.6 is 7.82 Å². The van der Waals surface area contributed by atoms with Crippen molar-refractivity contribution in [2.45, 2.75) is 19.3 Å². The molecule has 0 bridgehead atoms. The van der Waals surface area contributed by atoms with Gasteiger partial charge in [0.2, 0.25) is 0 Å². The van der Waals surface area contributed by atoms with Gasteiger partial charge < -0.3 is 19.0 Å². The summed E-state index contributed by atoms with van der Waals surface area (Å²) >= 11 is 0. The molecule has 28 heavy (non-hydrogen) atoms. The Hall–Kier alpha value is -1.75. The van der Waals surface area contributed by atoms with Crippen LogP contribution in [-0.4, -0.2) is 5.11 Å². The smallest absolute Gasteiger partial charge is 0.736 e. The van der Waals surface area contributed by atoms with Crippen molar-refractivity contribution in [3.8, 4) is 17.2 Å². The van der Waals surface area contributed by atoms with Crippen LogP contribution in [0.2, 0.25) is 0 Å². The number of hydrogen-bond acceptors (Lipinski definition) is 5. The number of para-hydroxylation sites is 1. The first-order valence-electron chi connectivity index (χ1n) is 8.62. The van der Waals surface area contributed by atoms with Crippen LogP contribution < -0.4 is 43.5 Å². The third kappa shape index (κ3) is 7.34. The van der Waals surface area contributed by atoms with Gasteiger partial charge in [0.15, 0.2) is 0 Å². The molecular weight excluding hydrogens is 386 g/mol. The van der Waals surface area contributed by atoms with Gasteiger partial charge in [0.1, 0.15) is 17.2 Å². The number of hydrogen-bond donors (Lipinski definition) is 1. The van der Waals surface area contributed by atoms with Crippen molar-refractivity contribution in [2.24, 2.45) is 0 Å². The minimum Gasteiger partial charge on any atom is -0.736 e. The summed E-state index contributed by atoms with van der Waals surface area (Å²) in [6, 6.07) is 22.3. The molecule has 0 radical (unpaired) electrons. The predicted molar refractivity (Wildman–Crippen MR) is 102 cm³/mol. The van der Waals surface area contributed by atoms with Crippen LogP contribution in [0.15, 0.2) is 78.9 Å². The number of benzene rings is 3. The maximum Gasteiger partial charge on any atom is 1.00 e. The van der Waals surface area contributed by atoms with Crippen LogP contribution in [0.5, 0.6) is 17.2 Å². The molecule has 0 aromatic heterocycles. The number of rotatable bonds is 8. The molecule has 140 valence electrons. The van der Waals surface area contributed by atoms with E-state index in [2.05, 4.69) is 0 Å². The summed E-state index contributed by atoms with van der Waals surface area (Å²) in [6.45, 7) is 0. The summed E-state index contributed by atoms with van der Waals surface area (Å²) in [7, 11) is -4.49. The largest absolute Gasteiger partial charge is 1.00 e. The zero-order chi connectivity index (χ0) is 19.1. The van der Waals surface area contributed by atoms with Crippen LogP contribution in [0.4, 0.5) is 0 Å². The van der Waals surface area contributed by atoms with Crippen molar-refractivity contribution in [3.63, 3.8) is 0 Å². The molecule has 0 aliphatic heterocycles. The van der Waals surface area contributed by atoms with Gasteiger partial charge in [-0.2, -0.15) is 0 Å². The monoisotopic (exact) mass is 406 g/mol. The van der Waals surface area contributed by atoms with Gasteiger partial charge in [-0.15, -0.1) is 0 Å². The fourth-order valence-corrected chi connectivity index (χ4v) is 3.43. The van der Waals surface area contributed by atoms with Crippen molar-refractivity contribution in [1.29, 1.82) is 0 Å². The van der Waals surface area contributed by atoms with E-state index in [0.717, 1.165) is 30.4 Å². The van der Waals surface area contributed by atoms with E-state index in [0.29, 0.717) is 0 Å². The molecular formula is C21H20NaO5P. The molecule has 1 N–H and O–H groups in total. The summed E-state index contributed by atoms with van der Waals surface area (Å²) < 4.78 is 21.9. The van der Waals surface area contributed by atoms with Crippen molar-refractivity contribution < 1.29 is 53.2 Å². The van der Waals surface area contributed by atoms with Gasteiger partial charge in [-0.3, -0.25) is 0 Å². The third-order valence-corrected chi connectivity index (χ3v) is 4.84. The molecule has 5 nitrogen and oxygen atoms in total. The van der Waals surface area contributed by atoms with Crippen molar-refractivity contribution in [3.05, 3.63) is 90.0 Å². The van der Waals surface area contributed by atoms with Gasteiger partial charge in [-0.05, 0) is 66.8 Å². The molecule has 7 heteroatoms. The fraction of sp³-hybridized carbons (Fsp3) is 0.143. The van der Waals surface area contributed by atoms with Gasteiger partial charge in [0.25, 0.3) is 0 Å². The number of phosphoric acid groups is 1. The average molecular weight is 406 g/mol. The third-order valence-electron chi connectivity index (χ3n) is 3.97. The van der Waals surface area contributed by atoms with Crippen LogP contribution in [0.3, 0.4) is 0 Å². The minimum absolute atomic E-state index is 0. The van der Waals surface area contributed by atoms with Crippen LogP contribution in [0.25, 0.3) is 0 Å². The van der Waals surface area contributed by atoms with E-state index in [1.807, 2.05) is 24.3 Å². The molecule has 0 fully saturated rings. The second-order valence-electron chi connectivity index (χ2n) is 6.11. The molecule has 0 aliphatic carbocycles. The summed E-state index contributed by atoms with van der Waals surface area (Å²) in [5, 5.41) is 9.29. The Morgan fingerprint density at radius 2 is 1.21 bits per heavy atom. The molecule has 0 amide bonds. The summed E-state index contributed by atoms with van der Waals surface area (Å²) in [5.74, 6) is 0.689. The maximum atomic E-state index is 12.0. The van der Waals surface area contributed by atoms with Gasteiger partial charge in [0.05, 0.1) is 0 Å². The van der Waals surface area contributed by atoms with E-state index in [9.17, 15) is 14.6 Å². The molecule has 3 rings (SSSR count). The Morgan fingerprint density at radius 1 is 0.750 bits per heavy atom. The summed E-state index contributed by atoms with van der Waals surface area (Å²) in [5.41, 5.74) is 2.25. The van der Waals surface area contributed by atoms with Crippen molar-refractivity contribution >= 4 is 7.82 Å². The van der Waals surface area contributed by atoms with Gasteiger partial charge in [-0.1, -0.05) is 42.5 Å². The Balaban J connectivity index is 0.00000280. The fourth-order valence-electron chi connectivity index (χ4n) is 2.63. The van der Waals surface area contributed by atoms with E-state index < -0.39 is 7.82 Å². The van der Waals surface area contributed by atoms with Gasteiger partial charge >= 0.3 is 37.4 Å². The number of phosphoric ester groups is 1. The van der Waals surface area contributed by atoms with E-state index in [1.54, 1.807) is 54.6 Å². The Kier molecular flexibility index (Phi) is 8.61. The normalized spacial score (nSPS) is 12.5. The van der Waals surface area contributed by atoms with Gasteiger partial charge in [0, 0.05) is 0 Å². The molecule has 0 aliphatic rings. The minimum atomic E-state index is -4.49. The molecule has 0 spiro atoms. The van der Waals surface area contributed by atoms with Crippen molar-refractivity contribution in [1.82, 2.24) is 0 Å². The Morgan fingerprint density at radius 3 is 1.75 bits per heavy atom. The molecule has 0 saturated carbocycles. The molecule has 0 heterocycles. The number of aromatic hydroxyl groups is 1. The molecule has 3 aromatic carbocycles. The predicted octanol–water partition coefficient (Wildman–Crippen LogP) is 1.50. The number of phenolic OH excluding ortho intramolecular Hbond substituents is 1. The van der Waals surface area contributed by atoms with Crippen molar-refractivity contribution in [2.75, 3.05) is 0 Å². The maximum absolute atomic E-state index is 12.0. The number of phenols is 1. The summed E-state index contributed by atoms with van der Waals surface area (Å²) in [4.78, 5) is 12.0. The second kappa shape index (κ2) is 10.7. The Labute approximate surface area is 186 Å². The topological polar surface area (TPSA) is 78.8 Å². The molecule has 3 aromatic rings. The molecule has 1 atom stereocenters. The standard InChI is InChI=1S/C21H21O5P.Na/c22-19-13-9-17(10-14-19)5-4-6-18-11-15-21(16-12-18)26-27(23,24)25-20-7-2-1-3-8-20;/h1-3,7-16,22H,4-6H2,(H,23,24);/q;+1/p-1. The van der Waals surface area contributed by atoms with E-state index >= 15 is 0 Å². The zero-order valence-corrected chi connectivity index (χ0v) is 18.5. The zero-order valence-electron chi connectivity index (χ0n) is 15.7. The van der Waals surface area contributed by atoms with Crippen LogP contribution in [0, 0.1) is 0 Å². The SMILES string of the molecule is O=P([O-])(Oc1ccccc1)Oc1ccc(CCCc2ccc(O)cc2)cc1.[Na+].